The van der Waals surface area contributed by atoms with E-state index in [0.717, 1.165) is 37.6 Å². The molecule has 1 saturated heterocycles. The molecule has 0 unspecified atom stereocenters. The molecule has 3 N–H and O–H groups in total. The fourth-order valence-corrected chi connectivity index (χ4v) is 3.86. The predicted octanol–water partition coefficient (Wildman–Crippen LogP) is 4.40. The molecule has 4 heterocycles. The molecule has 4 aromatic rings. The molecule has 1 fully saturated rings. The number of aryl methyl sites for hydroxylation is 1. The molecule has 0 aliphatic carbocycles. The van der Waals surface area contributed by atoms with Gasteiger partial charge in [0.05, 0.1) is 11.9 Å². The number of ether oxygens (including phenoxy) is 1. The fraction of sp³-hybridized carbons (Fsp3) is 0.227. The van der Waals surface area contributed by atoms with Gasteiger partial charge < -0.3 is 25.3 Å². The molecule has 1 aliphatic heterocycles. The summed E-state index contributed by atoms with van der Waals surface area (Å²) in [5.74, 6) is 0.485. The monoisotopic (exact) mass is 453 g/mol. The van der Waals surface area contributed by atoms with Crippen LogP contribution in [-0.2, 0) is 0 Å². The van der Waals surface area contributed by atoms with E-state index in [1.54, 1.807) is 12.1 Å². The summed E-state index contributed by atoms with van der Waals surface area (Å²) >= 11 is 6.45. The standard InChI is InChI=1S/C22H21ClFN7O/c1-13-10-15-16(29-13)3-4-17(20(15)24)32-22-19(23)21(27-12-28-22)30-18-5-2-14(11-26-18)31-8-6-25-7-9-31/h2-5,10-12,25,29H,6-9H2,1H3,(H,26,27,28,30). The van der Waals surface area contributed by atoms with Crippen LogP contribution in [0.4, 0.5) is 21.7 Å². The summed E-state index contributed by atoms with van der Waals surface area (Å²) in [5.41, 5.74) is 2.61. The molecule has 8 nitrogen and oxygen atoms in total. The van der Waals surface area contributed by atoms with Crippen LogP contribution in [0.3, 0.4) is 0 Å². The summed E-state index contributed by atoms with van der Waals surface area (Å²) in [7, 11) is 0. The van der Waals surface area contributed by atoms with E-state index in [0.29, 0.717) is 22.5 Å². The summed E-state index contributed by atoms with van der Waals surface area (Å²) in [5, 5.41) is 6.97. The van der Waals surface area contributed by atoms with Crippen molar-refractivity contribution >= 4 is 39.8 Å². The molecule has 0 radical (unpaired) electrons. The van der Waals surface area contributed by atoms with Gasteiger partial charge in [-0.05, 0) is 37.3 Å². The third-order valence-corrected chi connectivity index (χ3v) is 5.62. The molecule has 1 aliphatic rings. The SMILES string of the molecule is Cc1cc2c(F)c(Oc3ncnc(Nc4ccc(N5CCNCC5)cn4)c3Cl)ccc2[nH]1. The Labute approximate surface area is 188 Å². The number of piperazine rings is 1. The number of nitrogens with one attached hydrogen (secondary N) is 3. The van der Waals surface area contributed by atoms with Gasteiger partial charge in [-0.15, -0.1) is 0 Å². The number of anilines is 3. The van der Waals surface area contributed by atoms with Gasteiger partial charge >= 0.3 is 0 Å². The summed E-state index contributed by atoms with van der Waals surface area (Å²) in [6.07, 6.45) is 3.11. The van der Waals surface area contributed by atoms with Crippen LogP contribution in [0.1, 0.15) is 5.69 Å². The second kappa shape index (κ2) is 8.60. The lowest BCUT2D eigenvalue weighted by molar-refractivity contribution is 0.430. The highest BCUT2D eigenvalue weighted by molar-refractivity contribution is 6.34. The summed E-state index contributed by atoms with van der Waals surface area (Å²) in [4.78, 5) is 18.1. The molecule has 32 heavy (non-hydrogen) atoms. The first-order chi connectivity index (χ1) is 15.6. The van der Waals surface area contributed by atoms with Gasteiger partial charge in [0, 0.05) is 42.8 Å². The quantitative estimate of drug-likeness (QED) is 0.412. The van der Waals surface area contributed by atoms with Gasteiger partial charge in [0.15, 0.2) is 17.4 Å². The van der Waals surface area contributed by atoms with Crippen molar-refractivity contribution in [2.45, 2.75) is 6.92 Å². The molecule has 0 atom stereocenters. The number of benzene rings is 1. The van der Waals surface area contributed by atoms with Gasteiger partial charge in [-0.25, -0.2) is 14.4 Å². The van der Waals surface area contributed by atoms with Gasteiger partial charge in [-0.3, -0.25) is 0 Å². The average molecular weight is 454 g/mol. The van der Waals surface area contributed by atoms with E-state index < -0.39 is 5.82 Å². The highest BCUT2D eigenvalue weighted by Gasteiger charge is 2.17. The van der Waals surface area contributed by atoms with Crippen LogP contribution in [0.15, 0.2) is 42.9 Å². The maximum Gasteiger partial charge on any atom is 0.243 e. The second-order valence-electron chi connectivity index (χ2n) is 7.50. The number of aromatic amines is 1. The number of hydrogen-bond donors (Lipinski definition) is 3. The van der Waals surface area contributed by atoms with E-state index in [1.807, 2.05) is 25.3 Å². The molecule has 0 amide bonds. The van der Waals surface area contributed by atoms with E-state index in [2.05, 4.69) is 35.5 Å². The van der Waals surface area contributed by atoms with E-state index in [1.165, 1.54) is 12.4 Å². The van der Waals surface area contributed by atoms with E-state index >= 15 is 0 Å². The van der Waals surface area contributed by atoms with Gasteiger partial charge in [0.2, 0.25) is 5.88 Å². The van der Waals surface area contributed by atoms with Crippen molar-refractivity contribution in [2.24, 2.45) is 0 Å². The fourth-order valence-electron chi connectivity index (χ4n) is 3.67. The summed E-state index contributed by atoms with van der Waals surface area (Å²) in [6.45, 7) is 5.66. The first kappa shape index (κ1) is 20.5. The van der Waals surface area contributed by atoms with Crippen molar-refractivity contribution < 1.29 is 9.13 Å². The third kappa shape index (κ3) is 4.04. The lowest BCUT2D eigenvalue weighted by Gasteiger charge is -2.29. The Kier molecular flexibility index (Phi) is 5.50. The molecular formula is C22H21ClFN7O. The van der Waals surface area contributed by atoms with Crippen LogP contribution in [0.2, 0.25) is 5.02 Å². The van der Waals surface area contributed by atoms with Crippen LogP contribution in [0.5, 0.6) is 11.6 Å². The molecular weight excluding hydrogens is 433 g/mol. The van der Waals surface area contributed by atoms with Gasteiger partial charge in [0.25, 0.3) is 0 Å². The molecule has 0 bridgehead atoms. The van der Waals surface area contributed by atoms with Gasteiger partial charge in [0.1, 0.15) is 17.2 Å². The molecule has 1 aromatic carbocycles. The maximum atomic E-state index is 14.9. The maximum absolute atomic E-state index is 14.9. The first-order valence-electron chi connectivity index (χ1n) is 10.2. The Hall–Kier alpha value is -3.43. The highest BCUT2D eigenvalue weighted by atomic mass is 35.5. The van der Waals surface area contributed by atoms with Crippen LogP contribution in [0.25, 0.3) is 10.9 Å². The van der Waals surface area contributed by atoms with E-state index in [4.69, 9.17) is 16.3 Å². The zero-order chi connectivity index (χ0) is 22.1. The minimum atomic E-state index is -0.485. The Morgan fingerprint density at radius 2 is 1.97 bits per heavy atom. The second-order valence-corrected chi connectivity index (χ2v) is 7.88. The van der Waals surface area contributed by atoms with Crippen molar-refractivity contribution in [2.75, 3.05) is 36.4 Å². The topological polar surface area (TPSA) is 91.0 Å². The van der Waals surface area contributed by atoms with Crippen LogP contribution < -0.4 is 20.3 Å². The lowest BCUT2D eigenvalue weighted by atomic mass is 10.2. The molecule has 3 aromatic heterocycles. The van der Waals surface area contributed by atoms with Crippen molar-refractivity contribution in [3.05, 3.63) is 59.4 Å². The Balaban J connectivity index is 1.35. The normalized spacial score (nSPS) is 14.0. The first-order valence-corrected chi connectivity index (χ1v) is 10.6. The number of pyridine rings is 1. The van der Waals surface area contributed by atoms with Crippen molar-refractivity contribution in [1.29, 1.82) is 0 Å². The number of H-pyrrole nitrogens is 1. The number of fused-ring (bicyclic) bond motifs is 1. The van der Waals surface area contributed by atoms with E-state index in [-0.39, 0.29) is 16.7 Å². The average Bonchev–Trinajstić information content (AvgIpc) is 3.20. The number of rotatable bonds is 5. The number of nitrogens with zero attached hydrogens (tertiary/aromatic N) is 4. The van der Waals surface area contributed by atoms with Crippen molar-refractivity contribution in [3.8, 4) is 11.6 Å². The van der Waals surface area contributed by atoms with Crippen LogP contribution >= 0.6 is 11.6 Å². The predicted molar refractivity (Wildman–Crippen MR) is 123 cm³/mol. The van der Waals surface area contributed by atoms with E-state index in [9.17, 15) is 4.39 Å². The highest BCUT2D eigenvalue weighted by Crippen LogP contribution is 2.35. The molecule has 5 rings (SSSR count). The third-order valence-electron chi connectivity index (χ3n) is 5.28. The molecule has 10 heteroatoms. The number of hydrogen-bond acceptors (Lipinski definition) is 7. The van der Waals surface area contributed by atoms with Crippen LogP contribution in [0, 0.1) is 12.7 Å². The number of aromatic nitrogens is 4. The Morgan fingerprint density at radius 3 is 2.75 bits per heavy atom. The molecule has 0 spiro atoms. The minimum absolute atomic E-state index is 0.0292. The largest absolute Gasteiger partial charge is 0.434 e. The van der Waals surface area contributed by atoms with Crippen molar-refractivity contribution in [1.82, 2.24) is 25.3 Å². The zero-order valence-corrected chi connectivity index (χ0v) is 18.1. The Morgan fingerprint density at radius 1 is 1.12 bits per heavy atom. The molecule has 164 valence electrons. The minimum Gasteiger partial charge on any atom is -0.434 e. The summed E-state index contributed by atoms with van der Waals surface area (Å²) in [6, 6.07) is 8.87. The van der Waals surface area contributed by atoms with Gasteiger partial charge in [-0.2, -0.15) is 4.98 Å². The summed E-state index contributed by atoms with van der Waals surface area (Å²) < 4.78 is 20.6. The zero-order valence-electron chi connectivity index (χ0n) is 17.3. The molecule has 0 saturated carbocycles. The lowest BCUT2D eigenvalue weighted by Crippen LogP contribution is -2.43. The van der Waals surface area contributed by atoms with Crippen molar-refractivity contribution in [3.63, 3.8) is 0 Å². The van der Waals surface area contributed by atoms with Gasteiger partial charge in [-0.1, -0.05) is 11.6 Å². The van der Waals surface area contributed by atoms with Crippen LogP contribution in [-0.4, -0.2) is 46.1 Å². The number of halogens is 2. The Bertz CT molecular complexity index is 1260. The smallest absolute Gasteiger partial charge is 0.243 e.